The lowest BCUT2D eigenvalue weighted by atomic mass is 10.0. The monoisotopic (exact) mass is 532 g/mol. The Labute approximate surface area is 240 Å². The Morgan fingerprint density at radius 2 is 0.816 bits per heavy atom. The van der Waals surface area contributed by atoms with Gasteiger partial charge < -0.3 is 0 Å². The van der Waals surface area contributed by atoms with Gasteiger partial charge in [0.25, 0.3) is 5.82 Å². The maximum atomic E-state index is 2.62. The topological polar surface area (TPSA) is 8.81 Å². The molecule has 0 atom stereocenters. The van der Waals surface area contributed by atoms with Crippen LogP contribution in [0.1, 0.15) is 200 Å². The van der Waals surface area contributed by atoms with Crippen LogP contribution in [0.5, 0.6) is 0 Å². The van der Waals surface area contributed by atoms with Crippen molar-refractivity contribution in [3.8, 4) is 0 Å². The lowest BCUT2D eigenvalue weighted by Crippen LogP contribution is -2.37. The summed E-state index contributed by atoms with van der Waals surface area (Å²) in [6.45, 7) is 9.39. The van der Waals surface area contributed by atoms with Gasteiger partial charge in [0.2, 0.25) is 0 Å². The number of aromatic nitrogens is 2. The van der Waals surface area contributed by atoms with Crippen molar-refractivity contribution in [2.45, 2.75) is 214 Å². The van der Waals surface area contributed by atoms with E-state index in [1.54, 1.807) is 5.82 Å². The molecule has 0 amide bonds. The SMILES string of the molecule is CCCCCCCCCCCCCCCCc1n(CCCCCCCCCC)cc[n+]1CCCCCCC. The predicted octanol–water partition coefficient (Wildman–Crippen LogP) is 11.9. The van der Waals surface area contributed by atoms with Crippen molar-refractivity contribution < 1.29 is 4.57 Å². The first kappa shape index (κ1) is 35.2. The molecule has 0 fully saturated rings. The highest BCUT2D eigenvalue weighted by Gasteiger charge is 2.16. The van der Waals surface area contributed by atoms with Crippen LogP contribution < -0.4 is 4.57 Å². The third-order valence-electron chi connectivity index (χ3n) is 8.60. The molecule has 224 valence electrons. The van der Waals surface area contributed by atoms with Crippen molar-refractivity contribution in [3.63, 3.8) is 0 Å². The third kappa shape index (κ3) is 20.2. The molecule has 2 nitrogen and oxygen atoms in total. The average molecular weight is 532 g/mol. The molecule has 0 aliphatic rings. The number of hydrogen-bond donors (Lipinski definition) is 0. The average Bonchev–Trinajstić information content (AvgIpc) is 3.31. The van der Waals surface area contributed by atoms with Crippen LogP contribution in [0.4, 0.5) is 0 Å². The molecule has 1 aromatic rings. The molecule has 0 aliphatic carbocycles. The highest BCUT2D eigenvalue weighted by molar-refractivity contribution is 4.84. The maximum absolute atomic E-state index is 2.62. The summed E-state index contributed by atoms with van der Waals surface area (Å²) >= 11 is 0. The quantitative estimate of drug-likeness (QED) is 0.0689. The van der Waals surface area contributed by atoms with E-state index in [1.165, 1.54) is 193 Å². The van der Waals surface area contributed by atoms with Gasteiger partial charge in [-0.15, -0.1) is 0 Å². The maximum Gasteiger partial charge on any atom is 0.256 e. The summed E-state index contributed by atoms with van der Waals surface area (Å²) in [6, 6.07) is 0. The second-order valence-electron chi connectivity index (χ2n) is 12.3. The van der Waals surface area contributed by atoms with E-state index in [2.05, 4.69) is 42.3 Å². The number of imidazole rings is 1. The predicted molar refractivity (Wildman–Crippen MR) is 170 cm³/mol. The molecule has 0 unspecified atom stereocenters. The van der Waals surface area contributed by atoms with Gasteiger partial charge in [0.05, 0.1) is 13.1 Å². The first-order valence-corrected chi connectivity index (χ1v) is 17.9. The van der Waals surface area contributed by atoms with E-state index in [0.29, 0.717) is 0 Å². The second-order valence-corrected chi connectivity index (χ2v) is 12.3. The normalized spacial score (nSPS) is 11.6. The van der Waals surface area contributed by atoms with Crippen LogP contribution in [0, 0.1) is 0 Å². The third-order valence-corrected chi connectivity index (χ3v) is 8.60. The fourth-order valence-corrected chi connectivity index (χ4v) is 5.97. The van der Waals surface area contributed by atoms with E-state index in [9.17, 15) is 0 Å². The van der Waals surface area contributed by atoms with E-state index in [4.69, 9.17) is 0 Å². The lowest BCUT2D eigenvalue weighted by Gasteiger charge is -2.07. The lowest BCUT2D eigenvalue weighted by molar-refractivity contribution is -0.704. The van der Waals surface area contributed by atoms with Crippen molar-refractivity contribution in [2.24, 2.45) is 0 Å². The molecule has 2 heteroatoms. The largest absolute Gasteiger partial charge is 0.256 e. The highest BCUT2D eigenvalue weighted by atomic mass is 15.1. The summed E-state index contributed by atoms with van der Waals surface area (Å²) in [6.07, 6.45) is 44.4. The zero-order valence-electron chi connectivity index (χ0n) is 26.8. The fraction of sp³-hybridized carbons (Fsp3) is 0.917. The standard InChI is InChI=1S/C36H71N2/c1-4-7-10-13-15-17-18-19-20-21-22-23-25-28-31-36-37(32-29-26-12-9-6-3)34-35-38(36)33-30-27-24-16-14-11-8-5-2/h34-35H,4-33H2,1-3H3/q+1. The van der Waals surface area contributed by atoms with Crippen molar-refractivity contribution in [1.29, 1.82) is 0 Å². The molecule has 38 heavy (non-hydrogen) atoms. The Bertz CT molecular complexity index is 590. The summed E-state index contributed by atoms with van der Waals surface area (Å²) in [5.74, 6) is 1.61. The van der Waals surface area contributed by atoms with Gasteiger partial charge in [-0.05, 0) is 32.1 Å². The molecule has 1 aromatic heterocycles. The van der Waals surface area contributed by atoms with Crippen LogP contribution in [-0.2, 0) is 19.5 Å². The van der Waals surface area contributed by atoms with E-state index in [0.717, 1.165) is 0 Å². The zero-order chi connectivity index (χ0) is 27.4. The number of nitrogens with zero attached hydrogens (tertiary/aromatic N) is 2. The van der Waals surface area contributed by atoms with Crippen LogP contribution >= 0.6 is 0 Å². The van der Waals surface area contributed by atoms with Gasteiger partial charge in [0.1, 0.15) is 12.4 Å². The molecule has 0 N–H and O–H groups in total. The molecular formula is C36H71N2+. The van der Waals surface area contributed by atoms with Gasteiger partial charge in [-0.1, -0.05) is 162 Å². The minimum atomic E-state index is 1.22. The summed E-state index contributed by atoms with van der Waals surface area (Å²) in [5, 5.41) is 0. The molecule has 0 aliphatic heterocycles. The first-order chi connectivity index (χ1) is 18.8. The Kier molecular flexibility index (Phi) is 25.7. The number of hydrogen-bond acceptors (Lipinski definition) is 0. The van der Waals surface area contributed by atoms with E-state index in [1.807, 2.05) is 0 Å². The van der Waals surface area contributed by atoms with E-state index >= 15 is 0 Å². The Morgan fingerprint density at radius 3 is 1.26 bits per heavy atom. The Hall–Kier alpha value is -0.790. The zero-order valence-corrected chi connectivity index (χ0v) is 26.8. The molecule has 1 heterocycles. The summed E-state index contributed by atoms with van der Waals surface area (Å²) in [7, 11) is 0. The molecule has 0 aromatic carbocycles. The van der Waals surface area contributed by atoms with Gasteiger partial charge in [0.15, 0.2) is 0 Å². The van der Waals surface area contributed by atoms with Crippen LogP contribution in [0.15, 0.2) is 12.4 Å². The van der Waals surface area contributed by atoms with Gasteiger partial charge in [0, 0.05) is 6.42 Å². The Morgan fingerprint density at radius 1 is 0.447 bits per heavy atom. The van der Waals surface area contributed by atoms with Gasteiger partial charge in [-0.3, -0.25) is 0 Å². The van der Waals surface area contributed by atoms with Crippen molar-refractivity contribution in [1.82, 2.24) is 4.57 Å². The van der Waals surface area contributed by atoms with Crippen LogP contribution in [0.3, 0.4) is 0 Å². The van der Waals surface area contributed by atoms with E-state index < -0.39 is 0 Å². The molecule has 0 saturated carbocycles. The molecule has 0 spiro atoms. The number of aryl methyl sites for hydroxylation is 2. The van der Waals surface area contributed by atoms with Crippen molar-refractivity contribution in [3.05, 3.63) is 18.2 Å². The van der Waals surface area contributed by atoms with Crippen LogP contribution in [0.2, 0.25) is 0 Å². The summed E-state index contributed by atoms with van der Waals surface area (Å²) in [4.78, 5) is 0. The van der Waals surface area contributed by atoms with Crippen molar-refractivity contribution in [2.75, 3.05) is 0 Å². The van der Waals surface area contributed by atoms with Gasteiger partial charge in [-0.25, -0.2) is 9.13 Å². The van der Waals surface area contributed by atoms with Crippen molar-refractivity contribution >= 4 is 0 Å². The minimum absolute atomic E-state index is 1.22. The second kappa shape index (κ2) is 27.8. The molecule has 0 radical (unpaired) electrons. The minimum Gasteiger partial charge on any atom is -0.234 e. The van der Waals surface area contributed by atoms with Crippen LogP contribution in [-0.4, -0.2) is 4.57 Å². The summed E-state index contributed by atoms with van der Waals surface area (Å²) < 4.78 is 5.23. The first-order valence-electron chi connectivity index (χ1n) is 17.9. The molecule has 1 rings (SSSR count). The molecule has 0 bridgehead atoms. The molecular weight excluding hydrogens is 460 g/mol. The van der Waals surface area contributed by atoms with Gasteiger partial charge in [-0.2, -0.15) is 0 Å². The highest BCUT2D eigenvalue weighted by Crippen LogP contribution is 2.15. The number of rotatable bonds is 30. The summed E-state index contributed by atoms with van der Waals surface area (Å²) in [5.41, 5.74) is 0. The number of unbranched alkanes of at least 4 members (excludes halogenated alkanes) is 24. The van der Waals surface area contributed by atoms with E-state index in [-0.39, 0.29) is 0 Å². The van der Waals surface area contributed by atoms with Crippen LogP contribution in [0.25, 0.3) is 0 Å². The Balaban J connectivity index is 2.24. The fourth-order valence-electron chi connectivity index (χ4n) is 5.97. The smallest absolute Gasteiger partial charge is 0.234 e. The van der Waals surface area contributed by atoms with Gasteiger partial charge >= 0.3 is 0 Å². The molecule has 0 saturated heterocycles.